The van der Waals surface area contributed by atoms with Gasteiger partial charge in [-0.05, 0) is 61.6 Å². The van der Waals surface area contributed by atoms with Gasteiger partial charge in [0.15, 0.2) is 5.11 Å². The Hall–Kier alpha value is -3.91. The SMILES string of the molecule is COC(=O)c1ccccc1NC(=S)N(Cc1ccco1)c1cc2cc(C)ccc2[nH]c1=O. The second-order valence-corrected chi connectivity index (χ2v) is 7.59. The van der Waals surface area contributed by atoms with Crippen molar-refractivity contribution in [2.45, 2.75) is 13.5 Å². The summed E-state index contributed by atoms with van der Waals surface area (Å²) in [6.07, 6.45) is 1.56. The average molecular weight is 448 g/mol. The van der Waals surface area contributed by atoms with Crippen molar-refractivity contribution in [1.29, 1.82) is 0 Å². The number of aryl methyl sites for hydroxylation is 1. The third kappa shape index (κ3) is 4.40. The minimum absolute atomic E-state index is 0.222. The topological polar surface area (TPSA) is 87.6 Å². The molecule has 0 radical (unpaired) electrons. The van der Waals surface area contributed by atoms with Crippen molar-refractivity contribution in [3.05, 3.63) is 94.2 Å². The lowest BCUT2D eigenvalue weighted by Gasteiger charge is -2.25. The monoisotopic (exact) mass is 447 g/mol. The number of benzene rings is 2. The number of fused-ring (bicyclic) bond motifs is 1. The number of carbonyl (C=O) groups excluding carboxylic acids is 1. The Kier molecular flexibility index (Phi) is 6.04. The molecule has 0 spiro atoms. The van der Waals surface area contributed by atoms with Crippen LogP contribution < -0.4 is 15.8 Å². The molecular formula is C24H21N3O4S. The van der Waals surface area contributed by atoms with Gasteiger partial charge in [0.2, 0.25) is 0 Å². The van der Waals surface area contributed by atoms with Crippen molar-refractivity contribution in [3.8, 4) is 0 Å². The number of thiocarbonyl (C=S) groups is 1. The first-order valence-electron chi connectivity index (χ1n) is 9.88. The van der Waals surface area contributed by atoms with Crippen molar-refractivity contribution in [1.82, 2.24) is 4.98 Å². The van der Waals surface area contributed by atoms with Crippen molar-refractivity contribution >= 4 is 45.6 Å². The Morgan fingerprint density at radius 3 is 2.72 bits per heavy atom. The molecule has 0 aliphatic heterocycles. The Bertz CT molecular complexity index is 1350. The van der Waals surface area contributed by atoms with Gasteiger partial charge in [-0.2, -0.15) is 0 Å². The smallest absolute Gasteiger partial charge is 0.339 e. The molecule has 32 heavy (non-hydrogen) atoms. The number of rotatable bonds is 5. The summed E-state index contributed by atoms with van der Waals surface area (Å²) in [6.45, 7) is 2.21. The molecule has 2 heterocycles. The second kappa shape index (κ2) is 9.07. The van der Waals surface area contributed by atoms with E-state index in [1.54, 1.807) is 53.6 Å². The number of esters is 1. The van der Waals surface area contributed by atoms with E-state index in [1.165, 1.54) is 7.11 Å². The van der Waals surface area contributed by atoms with Gasteiger partial charge in [0.1, 0.15) is 11.4 Å². The normalized spacial score (nSPS) is 10.7. The molecule has 2 aromatic heterocycles. The molecule has 0 bridgehead atoms. The van der Waals surface area contributed by atoms with E-state index >= 15 is 0 Å². The van der Waals surface area contributed by atoms with Crippen LogP contribution in [0.4, 0.5) is 11.4 Å². The van der Waals surface area contributed by atoms with E-state index in [0.717, 1.165) is 16.5 Å². The summed E-state index contributed by atoms with van der Waals surface area (Å²) in [7, 11) is 1.32. The second-order valence-electron chi connectivity index (χ2n) is 7.21. The predicted molar refractivity (Wildman–Crippen MR) is 128 cm³/mol. The number of anilines is 2. The third-order valence-electron chi connectivity index (χ3n) is 4.98. The highest BCUT2D eigenvalue weighted by atomic mass is 32.1. The van der Waals surface area contributed by atoms with Crippen LogP contribution in [0.3, 0.4) is 0 Å². The van der Waals surface area contributed by atoms with E-state index in [1.807, 2.05) is 25.1 Å². The molecule has 0 atom stereocenters. The first kappa shape index (κ1) is 21.3. The maximum atomic E-state index is 13.0. The molecule has 0 saturated heterocycles. The molecule has 0 amide bonds. The Morgan fingerprint density at radius 1 is 1.16 bits per heavy atom. The summed E-state index contributed by atoms with van der Waals surface area (Å²) in [5.41, 5.74) is 2.67. The maximum absolute atomic E-state index is 13.0. The quantitative estimate of drug-likeness (QED) is 0.341. The number of nitrogens with one attached hydrogen (secondary N) is 2. The van der Waals surface area contributed by atoms with Crippen LogP contribution in [0.25, 0.3) is 10.9 Å². The van der Waals surface area contributed by atoms with E-state index in [2.05, 4.69) is 10.3 Å². The van der Waals surface area contributed by atoms with E-state index in [0.29, 0.717) is 22.7 Å². The van der Waals surface area contributed by atoms with Crippen molar-refractivity contribution < 1.29 is 13.9 Å². The van der Waals surface area contributed by atoms with E-state index in [-0.39, 0.29) is 17.2 Å². The van der Waals surface area contributed by atoms with Gasteiger partial charge in [-0.1, -0.05) is 23.8 Å². The number of hydrogen-bond acceptors (Lipinski definition) is 5. The van der Waals surface area contributed by atoms with Crippen molar-refractivity contribution in [2.75, 3.05) is 17.3 Å². The number of pyridine rings is 1. The lowest BCUT2D eigenvalue weighted by molar-refractivity contribution is 0.0602. The average Bonchev–Trinajstić information content (AvgIpc) is 3.30. The zero-order valence-electron chi connectivity index (χ0n) is 17.5. The molecule has 2 N–H and O–H groups in total. The third-order valence-corrected chi connectivity index (χ3v) is 5.31. The standard InChI is InChI=1S/C24H21N3O4S/c1-15-9-10-19-16(12-15)13-21(22(28)25-19)27(14-17-6-5-11-31-17)24(32)26-20-8-4-3-7-18(20)23(29)30-2/h3-13H,14H2,1-2H3,(H,25,28)(H,26,32). The minimum atomic E-state index is -0.493. The Morgan fingerprint density at radius 2 is 1.97 bits per heavy atom. The largest absolute Gasteiger partial charge is 0.467 e. The molecule has 0 saturated carbocycles. The summed E-state index contributed by atoms with van der Waals surface area (Å²) < 4.78 is 10.4. The molecule has 4 rings (SSSR count). The van der Waals surface area contributed by atoms with E-state index in [4.69, 9.17) is 21.4 Å². The van der Waals surface area contributed by atoms with Crippen LogP contribution in [-0.2, 0) is 11.3 Å². The molecule has 0 unspecified atom stereocenters. The number of H-pyrrole nitrogens is 1. The fourth-order valence-electron chi connectivity index (χ4n) is 3.40. The number of hydrogen-bond donors (Lipinski definition) is 2. The molecule has 0 aliphatic carbocycles. The van der Waals surface area contributed by atoms with Crippen LogP contribution in [0.15, 0.2) is 76.1 Å². The molecular weight excluding hydrogens is 426 g/mol. The lowest BCUT2D eigenvalue weighted by Crippen LogP contribution is -2.38. The molecule has 0 fully saturated rings. The van der Waals surface area contributed by atoms with Gasteiger partial charge < -0.3 is 24.4 Å². The predicted octanol–water partition coefficient (Wildman–Crippen LogP) is 4.62. The van der Waals surface area contributed by atoms with Crippen LogP contribution in [0.1, 0.15) is 21.7 Å². The van der Waals surface area contributed by atoms with Gasteiger partial charge in [-0.3, -0.25) is 4.79 Å². The summed E-state index contributed by atoms with van der Waals surface area (Å²) >= 11 is 5.67. The number of furan rings is 1. The van der Waals surface area contributed by atoms with Crippen LogP contribution in [0, 0.1) is 6.92 Å². The fraction of sp³-hybridized carbons (Fsp3) is 0.125. The zero-order chi connectivity index (χ0) is 22.7. The van der Waals surface area contributed by atoms with Crippen molar-refractivity contribution in [3.63, 3.8) is 0 Å². The number of carbonyl (C=O) groups is 1. The van der Waals surface area contributed by atoms with E-state index in [9.17, 15) is 9.59 Å². The van der Waals surface area contributed by atoms with Gasteiger partial charge in [0.25, 0.3) is 5.56 Å². The zero-order valence-corrected chi connectivity index (χ0v) is 18.4. The highest BCUT2D eigenvalue weighted by Gasteiger charge is 2.20. The number of ether oxygens (including phenoxy) is 1. The van der Waals surface area contributed by atoms with Crippen molar-refractivity contribution in [2.24, 2.45) is 0 Å². The fourth-order valence-corrected chi connectivity index (χ4v) is 3.68. The number of nitrogens with zero attached hydrogens (tertiary/aromatic N) is 1. The lowest BCUT2D eigenvalue weighted by atomic mass is 10.1. The first-order chi connectivity index (χ1) is 15.5. The van der Waals surface area contributed by atoms with Gasteiger partial charge in [-0.15, -0.1) is 0 Å². The van der Waals surface area contributed by atoms with Gasteiger partial charge in [0, 0.05) is 10.9 Å². The van der Waals surface area contributed by atoms with Crippen LogP contribution >= 0.6 is 12.2 Å². The van der Waals surface area contributed by atoms with Crippen LogP contribution in [0.5, 0.6) is 0 Å². The summed E-state index contributed by atoms with van der Waals surface area (Å²) in [5, 5.41) is 4.19. The highest BCUT2D eigenvalue weighted by Crippen LogP contribution is 2.23. The minimum Gasteiger partial charge on any atom is -0.467 e. The number of methoxy groups -OCH3 is 1. The molecule has 4 aromatic rings. The van der Waals surface area contributed by atoms with Crippen LogP contribution in [-0.4, -0.2) is 23.2 Å². The molecule has 162 valence electrons. The van der Waals surface area contributed by atoms with Crippen LogP contribution in [0.2, 0.25) is 0 Å². The van der Waals surface area contributed by atoms with E-state index < -0.39 is 5.97 Å². The number of aromatic amines is 1. The molecule has 7 nitrogen and oxygen atoms in total. The van der Waals surface area contributed by atoms with Gasteiger partial charge >= 0.3 is 5.97 Å². The Balaban J connectivity index is 1.76. The summed E-state index contributed by atoms with van der Waals surface area (Å²) in [4.78, 5) is 29.7. The van der Waals surface area contributed by atoms with Gasteiger partial charge in [0.05, 0.1) is 31.2 Å². The number of para-hydroxylation sites is 1. The summed E-state index contributed by atoms with van der Waals surface area (Å²) in [5.74, 6) is 0.131. The Labute approximate surface area is 189 Å². The maximum Gasteiger partial charge on any atom is 0.339 e. The number of aromatic nitrogens is 1. The molecule has 0 aliphatic rings. The molecule has 2 aromatic carbocycles. The highest BCUT2D eigenvalue weighted by molar-refractivity contribution is 7.80. The first-order valence-corrected chi connectivity index (χ1v) is 10.3. The molecule has 8 heteroatoms. The van der Waals surface area contributed by atoms with Gasteiger partial charge in [-0.25, -0.2) is 4.79 Å². The summed E-state index contributed by atoms with van der Waals surface area (Å²) in [6, 6.07) is 18.0.